The highest BCUT2D eigenvalue weighted by molar-refractivity contribution is 5.97. The third-order valence-corrected chi connectivity index (χ3v) is 6.70. The van der Waals surface area contributed by atoms with Crippen LogP contribution >= 0.6 is 0 Å². The second kappa shape index (κ2) is 4.31. The Bertz CT molecular complexity index is 924. The Labute approximate surface area is 145 Å². The minimum Gasteiger partial charge on any atom is -0.469 e. The zero-order chi connectivity index (χ0) is 17.4. The van der Waals surface area contributed by atoms with Crippen LogP contribution in [0.1, 0.15) is 23.5 Å². The van der Waals surface area contributed by atoms with Gasteiger partial charge in [-0.2, -0.15) is 0 Å². The van der Waals surface area contributed by atoms with Crippen molar-refractivity contribution in [1.82, 2.24) is 0 Å². The summed E-state index contributed by atoms with van der Waals surface area (Å²) in [6, 6.07) is 8.23. The number of hydrogen-bond donors (Lipinski definition) is 0. The van der Waals surface area contributed by atoms with Gasteiger partial charge in [-0.05, 0) is 17.5 Å². The van der Waals surface area contributed by atoms with E-state index in [0.717, 1.165) is 0 Å². The van der Waals surface area contributed by atoms with Crippen molar-refractivity contribution >= 4 is 11.9 Å². The lowest BCUT2D eigenvalue weighted by Gasteiger charge is -2.43. The number of hydrogen-bond acceptors (Lipinski definition) is 4. The first-order chi connectivity index (χ1) is 12.1. The van der Waals surface area contributed by atoms with E-state index < -0.39 is 10.8 Å². The fraction of sp³-hybridized carbons (Fsp3) is 0.333. The van der Waals surface area contributed by atoms with Gasteiger partial charge in [0, 0.05) is 22.3 Å². The Kier molecular flexibility index (Phi) is 2.54. The van der Waals surface area contributed by atoms with Crippen LogP contribution in [0.3, 0.4) is 0 Å². The molecule has 4 aliphatic carbocycles. The van der Waals surface area contributed by atoms with Crippen LogP contribution in [0.15, 0.2) is 60.2 Å². The molecule has 126 valence electrons. The number of methoxy groups -OCH3 is 2. The molecule has 0 bridgehead atoms. The van der Waals surface area contributed by atoms with Gasteiger partial charge in [0.05, 0.1) is 19.6 Å². The molecule has 5 rings (SSSR count). The highest BCUT2D eigenvalue weighted by Gasteiger charge is 2.90. The Balaban J connectivity index is 1.87. The van der Waals surface area contributed by atoms with Gasteiger partial charge in [0.2, 0.25) is 0 Å². The molecule has 4 heteroatoms. The van der Waals surface area contributed by atoms with Crippen LogP contribution in [0, 0.1) is 10.8 Å². The van der Waals surface area contributed by atoms with Crippen molar-refractivity contribution in [3.63, 3.8) is 0 Å². The van der Waals surface area contributed by atoms with Crippen LogP contribution < -0.4 is 0 Å². The van der Waals surface area contributed by atoms with Crippen LogP contribution in [0.25, 0.3) is 0 Å². The summed E-state index contributed by atoms with van der Waals surface area (Å²) in [7, 11) is 2.80. The van der Waals surface area contributed by atoms with Crippen molar-refractivity contribution in [2.24, 2.45) is 10.8 Å². The number of carbonyl (C=O) groups is 2. The first-order valence-electron chi connectivity index (χ1n) is 8.44. The van der Waals surface area contributed by atoms with Crippen molar-refractivity contribution in [3.8, 4) is 0 Å². The molecule has 4 nitrogen and oxygen atoms in total. The van der Waals surface area contributed by atoms with E-state index in [1.165, 1.54) is 25.3 Å². The van der Waals surface area contributed by atoms with E-state index in [1.807, 2.05) is 30.4 Å². The largest absolute Gasteiger partial charge is 0.469 e. The average Bonchev–Trinajstić information content (AvgIpc) is 3.16. The lowest BCUT2D eigenvalue weighted by molar-refractivity contribution is -0.149. The molecule has 25 heavy (non-hydrogen) atoms. The standard InChI is InChI=1S/C21H18O4/c1-24-17(22)13-11-19-9-5-6-10-21(19)16(14-7-3-4-8-15(14)19)20(21,12-13)18(23)25-2/h3-11,16H,12H2,1-2H3. The van der Waals surface area contributed by atoms with Gasteiger partial charge in [0.15, 0.2) is 0 Å². The van der Waals surface area contributed by atoms with Crippen molar-refractivity contribution < 1.29 is 19.1 Å². The molecule has 0 saturated heterocycles. The van der Waals surface area contributed by atoms with Gasteiger partial charge in [-0.1, -0.05) is 54.6 Å². The van der Waals surface area contributed by atoms with Crippen molar-refractivity contribution in [2.45, 2.75) is 17.8 Å². The highest BCUT2D eigenvalue weighted by Crippen LogP contribution is 2.90. The summed E-state index contributed by atoms with van der Waals surface area (Å²) in [6.07, 6.45) is 10.7. The summed E-state index contributed by atoms with van der Waals surface area (Å²) in [6.45, 7) is 0. The van der Waals surface area contributed by atoms with Gasteiger partial charge in [-0.15, -0.1) is 0 Å². The smallest absolute Gasteiger partial charge is 0.333 e. The molecule has 1 fully saturated rings. The maximum atomic E-state index is 13.0. The predicted molar refractivity (Wildman–Crippen MR) is 90.7 cm³/mol. The second-order valence-electron chi connectivity index (χ2n) is 7.28. The summed E-state index contributed by atoms with van der Waals surface area (Å²) in [5.41, 5.74) is 1.28. The molecule has 1 aromatic rings. The number of esters is 2. The van der Waals surface area contributed by atoms with E-state index in [9.17, 15) is 9.59 Å². The van der Waals surface area contributed by atoms with Gasteiger partial charge >= 0.3 is 11.9 Å². The number of allylic oxidation sites excluding steroid dienone is 5. The number of benzene rings is 1. The van der Waals surface area contributed by atoms with Crippen molar-refractivity contribution in [3.05, 3.63) is 71.3 Å². The molecular weight excluding hydrogens is 316 g/mol. The van der Waals surface area contributed by atoms with E-state index in [4.69, 9.17) is 9.47 Å². The molecule has 1 aromatic carbocycles. The third-order valence-electron chi connectivity index (χ3n) is 6.70. The lowest BCUT2D eigenvalue weighted by Crippen LogP contribution is -2.44. The molecule has 0 heterocycles. The maximum Gasteiger partial charge on any atom is 0.333 e. The van der Waals surface area contributed by atoms with Gasteiger partial charge in [0.25, 0.3) is 0 Å². The van der Waals surface area contributed by atoms with Gasteiger partial charge in [-0.25, -0.2) is 4.79 Å². The van der Waals surface area contributed by atoms with Gasteiger partial charge in [0.1, 0.15) is 0 Å². The maximum absolute atomic E-state index is 13.0. The summed E-state index contributed by atoms with van der Waals surface area (Å²) in [5, 5.41) is 0. The van der Waals surface area contributed by atoms with Crippen LogP contribution in [0.4, 0.5) is 0 Å². The van der Waals surface area contributed by atoms with Crippen LogP contribution in [-0.4, -0.2) is 26.2 Å². The van der Waals surface area contributed by atoms with Crippen LogP contribution in [0.5, 0.6) is 0 Å². The van der Waals surface area contributed by atoms with Crippen LogP contribution in [0.2, 0.25) is 0 Å². The normalized spacial score (nSPS) is 38.2. The number of carbonyl (C=O) groups excluding carboxylic acids is 2. The van der Waals surface area contributed by atoms with Gasteiger partial charge in [-0.3, -0.25) is 4.79 Å². The predicted octanol–water partition coefficient (Wildman–Crippen LogP) is 2.81. The van der Waals surface area contributed by atoms with Gasteiger partial charge < -0.3 is 9.47 Å². The molecule has 4 unspecified atom stereocenters. The molecule has 4 aliphatic rings. The second-order valence-corrected chi connectivity index (χ2v) is 7.28. The third kappa shape index (κ3) is 1.27. The average molecular weight is 334 g/mol. The fourth-order valence-corrected chi connectivity index (χ4v) is 5.97. The Morgan fingerprint density at radius 1 is 1.08 bits per heavy atom. The molecule has 0 N–H and O–H groups in total. The minimum atomic E-state index is -0.740. The van der Waals surface area contributed by atoms with E-state index in [0.29, 0.717) is 12.0 Å². The summed E-state index contributed by atoms with van der Waals surface area (Å²) < 4.78 is 10.2. The highest BCUT2D eigenvalue weighted by atomic mass is 16.5. The zero-order valence-corrected chi connectivity index (χ0v) is 14.1. The molecule has 0 radical (unpaired) electrons. The number of ether oxygens (including phenoxy) is 2. The van der Waals surface area contributed by atoms with Crippen molar-refractivity contribution in [2.75, 3.05) is 14.2 Å². The summed E-state index contributed by atoms with van der Waals surface area (Å²) in [4.78, 5) is 25.3. The molecule has 0 amide bonds. The fourth-order valence-electron chi connectivity index (χ4n) is 5.97. The summed E-state index contributed by atoms with van der Waals surface area (Å²) >= 11 is 0. The molecule has 0 aliphatic heterocycles. The summed E-state index contributed by atoms with van der Waals surface area (Å²) in [5.74, 6) is -0.599. The Hall–Kier alpha value is -2.62. The van der Waals surface area contributed by atoms with E-state index >= 15 is 0 Å². The molecule has 1 saturated carbocycles. The van der Waals surface area contributed by atoms with Crippen molar-refractivity contribution in [1.29, 1.82) is 0 Å². The first-order valence-corrected chi connectivity index (χ1v) is 8.44. The topological polar surface area (TPSA) is 52.6 Å². The number of rotatable bonds is 2. The van der Waals surface area contributed by atoms with E-state index in [-0.39, 0.29) is 23.3 Å². The monoisotopic (exact) mass is 334 g/mol. The Morgan fingerprint density at radius 2 is 1.84 bits per heavy atom. The molecule has 1 spiro atoms. The van der Waals surface area contributed by atoms with Crippen LogP contribution in [-0.2, 0) is 24.5 Å². The SMILES string of the molecule is COC(=O)C1=CC23C=CC=CC24C(c2ccccc23)C4(C(=O)OC)C1. The lowest BCUT2D eigenvalue weighted by atomic mass is 9.59. The van der Waals surface area contributed by atoms with E-state index in [1.54, 1.807) is 0 Å². The quantitative estimate of drug-likeness (QED) is 0.781. The minimum absolute atomic E-state index is 0.0169. The molecule has 4 atom stereocenters. The Morgan fingerprint density at radius 3 is 2.60 bits per heavy atom. The zero-order valence-electron chi connectivity index (χ0n) is 14.1. The molecule has 0 aromatic heterocycles. The molecular formula is C21H18O4. The first kappa shape index (κ1) is 14.7. The van der Waals surface area contributed by atoms with E-state index in [2.05, 4.69) is 24.3 Å². The number of fused-ring (bicyclic) bond motifs is 3.